The number of aromatic nitrogens is 2. The Morgan fingerprint density at radius 1 is 0.978 bits per heavy atom. The fraction of sp³-hybridized carbons (Fsp3) is 0.800. The summed E-state index contributed by atoms with van der Waals surface area (Å²) >= 11 is 0. The lowest BCUT2D eigenvalue weighted by atomic mass is 9.98. The fourth-order valence-corrected chi connectivity index (χ4v) is 17.1. The first-order valence-corrected chi connectivity index (χ1v) is 19.6. The predicted octanol–water partition coefficient (Wildman–Crippen LogP) is 3.97. The second kappa shape index (κ2) is 14.3. The number of rotatable bonds is 10. The normalized spacial score (nSPS) is 24.9. The summed E-state index contributed by atoms with van der Waals surface area (Å²) in [6.45, 7) is 20.9. The van der Waals surface area contributed by atoms with E-state index in [4.69, 9.17) is 31.9 Å². The van der Waals surface area contributed by atoms with Crippen LogP contribution in [-0.4, -0.2) is 76.8 Å². The molecule has 256 valence electrons. The molecule has 0 aromatic carbocycles. The van der Waals surface area contributed by atoms with Gasteiger partial charge in [-0.05, 0) is 42.9 Å². The summed E-state index contributed by atoms with van der Waals surface area (Å²) in [5, 5.41) is 0. The van der Waals surface area contributed by atoms with Gasteiger partial charge < -0.3 is 31.9 Å². The van der Waals surface area contributed by atoms with Gasteiger partial charge >= 0.3 is 34.8 Å². The minimum absolute atomic E-state index is 0.00617. The van der Waals surface area contributed by atoms with Crippen LogP contribution in [0, 0.1) is 5.41 Å². The Hall–Kier alpha value is -2.15. The maximum Gasteiger partial charge on any atom is 0.335 e. The Kier molecular flexibility index (Phi) is 11.9. The van der Waals surface area contributed by atoms with Crippen molar-refractivity contribution < 1.29 is 41.5 Å². The van der Waals surface area contributed by atoms with Crippen molar-refractivity contribution >= 4 is 29.1 Å². The lowest BCUT2D eigenvalue weighted by molar-refractivity contribution is -0.157. The SMILES string of the molecule is COC(=O)COC1C2O[Si](C(C)C)(C(C)C)O[Si](C(C)C)(C(C)C)OCC2OC1n1ccc(=O)n(COC(=O)C(C)(C)C)c1=O. The van der Waals surface area contributed by atoms with Crippen molar-refractivity contribution in [1.29, 1.82) is 0 Å². The Morgan fingerprint density at radius 3 is 2.07 bits per heavy atom. The highest BCUT2D eigenvalue weighted by molar-refractivity contribution is 6.84. The summed E-state index contributed by atoms with van der Waals surface area (Å²) in [5.74, 6) is -1.19. The Labute approximate surface area is 267 Å². The van der Waals surface area contributed by atoms with Crippen molar-refractivity contribution in [3.63, 3.8) is 0 Å². The van der Waals surface area contributed by atoms with Crippen molar-refractivity contribution in [2.45, 2.75) is 130 Å². The van der Waals surface area contributed by atoms with Crippen molar-refractivity contribution in [1.82, 2.24) is 9.13 Å². The molecule has 0 bridgehead atoms. The Balaban J connectivity index is 2.15. The smallest absolute Gasteiger partial charge is 0.335 e. The quantitative estimate of drug-likeness (QED) is 0.263. The predicted molar refractivity (Wildman–Crippen MR) is 170 cm³/mol. The van der Waals surface area contributed by atoms with Crippen LogP contribution in [0.25, 0.3) is 0 Å². The van der Waals surface area contributed by atoms with E-state index in [9.17, 15) is 19.2 Å². The zero-order valence-corrected chi connectivity index (χ0v) is 30.8. The molecule has 0 N–H and O–H groups in total. The topological polar surface area (TPSA) is 143 Å². The van der Waals surface area contributed by atoms with E-state index in [-0.39, 0.29) is 28.8 Å². The molecule has 0 aliphatic carbocycles. The molecule has 2 aliphatic heterocycles. The minimum atomic E-state index is -3.12. The molecule has 2 aliphatic rings. The summed E-state index contributed by atoms with van der Waals surface area (Å²) < 4.78 is 46.0. The van der Waals surface area contributed by atoms with Crippen LogP contribution in [-0.2, 0) is 48.2 Å². The Morgan fingerprint density at radius 2 is 1.56 bits per heavy atom. The summed E-state index contributed by atoms with van der Waals surface area (Å²) in [4.78, 5) is 51.2. The highest BCUT2D eigenvalue weighted by Crippen LogP contribution is 2.48. The molecule has 1 aromatic heterocycles. The maximum absolute atomic E-state index is 13.8. The number of hydrogen-bond donors (Lipinski definition) is 0. The summed E-state index contributed by atoms with van der Waals surface area (Å²) in [6, 6.07) is 1.19. The van der Waals surface area contributed by atoms with E-state index in [0.29, 0.717) is 0 Å². The average Bonchev–Trinajstić information content (AvgIpc) is 3.25. The molecule has 4 unspecified atom stereocenters. The first-order chi connectivity index (χ1) is 20.8. The average molecular weight is 673 g/mol. The van der Waals surface area contributed by atoms with Crippen LogP contribution in [0.2, 0.25) is 22.2 Å². The van der Waals surface area contributed by atoms with Gasteiger partial charge in [0.05, 0.1) is 19.1 Å². The molecule has 0 amide bonds. The first kappa shape index (κ1) is 37.3. The van der Waals surface area contributed by atoms with Crippen molar-refractivity contribution in [2.24, 2.45) is 5.41 Å². The highest BCUT2D eigenvalue weighted by Gasteiger charge is 2.62. The molecule has 0 saturated carbocycles. The van der Waals surface area contributed by atoms with E-state index >= 15 is 0 Å². The second-order valence-corrected chi connectivity index (χ2v) is 22.9. The number of esters is 2. The van der Waals surface area contributed by atoms with E-state index < -0.39 is 83.6 Å². The van der Waals surface area contributed by atoms with E-state index in [0.717, 1.165) is 4.57 Å². The molecule has 0 spiro atoms. The molecule has 1 aromatic rings. The van der Waals surface area contributed by atoms with Gasteiger partial charge in [-0.1, -0.05) is 55.4 Å². The third-order valence-electron chi connectivity index (χ3n) is 8.55. The third-order valence-corrected chi connectivity index (χ3v) is 18.8. The molecule has 45 heavy (non-hydrogen) atoms. The molecule has 0 radical (unpaired) electrons. The number of nitrogens with zero attached hydrogens (tertiary/aromatic N) is 2. The first-order valence-electron chi connectivity index (χ1n) is 15.7. The molecule has 13 nitrogen and oxygen atoms in total. The van der Waals surface area contributed by atoms with Crippen LogP contribution in [0.3, 0.4) is 0 Å². The molecule has 15 heteroatoms. The zero-order valence-electron chi connectivity index (χ0n) is 28.8. The number of methoxy groups -OCH3 is 1. The van der Waals surface area contributed by atoms with Gasteiger partial charge in [-0.15, -0.1) is 0 Å². The maximum atomic E-state index is 13.8. The van der Waals surface area contributed by atoms with Gasteiger partial charge in [0.1, 0.15) is 24.9 Å². The van der Waals surface area contributed by atoms with Gasteiger partial charge in [-0.25, -0.2) is 14.2 Å². The zero-order chi connectivity index (χ0) is 34.1. The van der Waals surface area contributed by atoms with Crippen molar-refractivity contribution in [2.75, 3.05) is 20.3 Å². The van der Waals surface area contributed by atoms with Crippen LogP contribution in [0.5, 0.6) is 0 Å². The number of carbonyl (C=O) groups excluding carboxylic acids is 2. The highest BCUT2D eigenvalue weighted by atomic mass is 28.5. The molecular formula is C30H52N2O11Si2. The van der Waals surface area contributed by atoms with Crippen LogP contribution in [0.1, 0.15) is 82.4 Å². The van der Waals surface area contributed by atoms with Gasteiger partial charge in [-0.3, -0.25) is 14.2 Å². The lowest BCUT2D eigenvalue weighted by Gasteiger charge is -2.51. The molecule has 3 rings (SSSR count). The minimum Gasteiger partial charge on any atom is -0.467 e. The van der Waals surface area contributed by atoms with E-state index in [1.54, 1.807) is 20.8 Å². The lowest BCUT2D eigenvalue weighted by Crippen LogP contribution is -2.66. The molecule has 3 heterocycles. The van der Waals surface area contributed by atoms with Crippen LogP contribution < -0.4 is 11.2 Å². The summed E-state index contributed by atoms with van der Waals surface area (Å²) in [5.41, 5.74) is -2.05. The van der Waals surface area contributed by atoms with E-state index in [1.165, 1.54) is 23.9 Å². The fourth-order valence-electron chi connectivity index (χ4n) is 5.93. The monoisotopic (exact) mass is 672 g/mol. The molecule has 2 saturated heterocycles. The largest absolute Gasteiger partial charge is 0.467 e. The van der Waals surface area contributed by atoms with Gasteiger partial charge in [0.15, 0.2) is 13.0 Å². The Bertz CT molecular complexity index is 1300. The second-order valence-electron chi connectivity index (χ2n) is 14.1. The molecular weight excluding hydrogens is 621 g/mol. The molecule has 4 atom stereocenters. The summed E-state index contributed by atoms with van der Waals surface area (Å²) in [6.07, 6.45) is -2.28. The van der Waals surface area contributed by atoms with Crippen LogP contribution in [0.4, 0.5) is 0 Å². The number of carbonyl (C=O) groups is 2. The van der Waals surface area contributed by atoms with Gasteiger partial charge in [0.2, 0.25) is 0 Å². The standard InChI is InChI=1S/C30H52N2O11Si2/c1-18(2)44(19(3)4)40-15-22-25(42-45(43-44,20(5)6)21(7)8)26(38-16-24(34)37-12)27(41-22)31-14-13-23(33)32(29(31)36)17-39-28(35)30(9,10)11/h13-14,18-22,25-27H,15-17H2,1-12H3. The van der Waals surface area contributed by atoms with E-state index in [1.807, 2.05) is 0 Å². The number of fused-ring (bicyclic) bond motifs is 1. The van der Waals surface area contributed by atoms with Gasteiger partial charge in [-0.2, -0.15) is 0 Å². The van der Waals surface area contributed by atoms with Gasteiger partial charge in [0.25, 0.3) is 5.56 Å². The van der Waals surface area contributed by atoms with Crippen LogP contribution in [0.15, 0.2) is 21.9 Å². The van der Waals surface area contributed by atoms with Crippen LogP contribution >= 0.6 is 0 Å². The third kappa shape index (κ3) is 7.55. The molecule has 2 fully saturated rings. The number of hydrogen-bond acceptors (Lipinski definition) is 11. The van der Waals surface area contributed by atoms with Crippen molar-refractivity contribution in [3.05, 3.63) is 33.1 Å². The van der Waals surface area contributed by atoms with Gasteiger partial charge in [0, 0.05) is 12.3 Å². The summed E-state index contributed by atoms with van der Waals surface area (Å²) in [7, 11) is -4.76. The number of ether oxygens (including phenoxy) is 4. The van der Waals surface area contributed by atoms with E-state index in [2.05, 4.69) is 55.4 Å². The van der Waals surface area contributed by atoms with Crippen molar-refractivity contribution in [3.8, 4) is 0 Å².